The van der Waals surface area contributed by atoms with Crippen LogP contribution >= 0.6 is 34.3 Å². The summed E-state index contributed by atoms with van der Waals surface area (Å²) in [4.78, 5) is 19.1. The van der Waals surface area contributed by atoms with Gasteiger partial charge in [0, 0.05) is 91.3 Å². The second-order valence-electron chi connectivity index (χ2n) is 28.6. The molecule has 108 heavy (non-hydrogen) atoms. The van der Waals surface area contributed by atoms with Crippen LogP contribution in [0, 0.1) is 0 Å². The van der Waals surface area contributed by atoms with Crippen molar-refractivity contribution < 1.29 is 18.1 Å². The molecule has 514 valence electrons. The van der Waals surface area contributed by atoms with Gasteiger partial charge >= 0.3 is 7.12 Å². The topological polar surface area (TPSA) is 106 Å². The molecular formula is C94H62BClN6O4S2. The fourth-order valence-electron chi connectivity index (χ4n) is 16.3. The SMILES string of the molecule is CC1(C)OB(c2ccccc2)OC1(C)C.Clc1nc(-c2ccc(-n3c4ccccc4c4c5ccccc5c5c6ccccc6sc5c43)cc2)c2c(n1)oc1ccccc12.c1ccc(-c2nc(-c3ccc(-n4c5ccccc5c5c6ccccc6c6c7ccccc7sc6c54)cc3)c3c(n2)oc2ccccc23)cc1. The molecule has 0 atom stereocenters. The first-order chi connectivity index (χ1) is 53.0. The van der Waals surface area contributed by atoms with Crippen molar-refractivity contribution in [1.82, 2.24) is 29.1 Å². The average molecular weight is 1450 g/mol. The van der Waals surface area contributed by atoms with E-state index in [1.165, 1.54) is 106 Å². The molecule has 1 fully saturated rings. The zero-order chi connectivity index (χ0) is 72.1. The maximum absolute atomic E-state index is 6.40. The van der Waals surface area contributed by atoms with E-state index in [1.807, 2.05) is 126 Å². The van der Waals surface area contributed by atoms with E-state index in [0.29, 0.717) is 17.3 Å². The molecule has 1 aliphatic rings. The third kappa shape index (κ3) is 10.1. The van der Waals surface area contributed by atoms with Crippen LogP contribution in [-0.2, 0) is 9.31 Å². The van der Waals surface area contributed by atoms with Gasteiger partial charge in [-0.1, -0.05) is 243 Å². The Kier molecular flexibility index (Phi) is 14.8. The number of aromatic nitrogens is 6. The van der Waals surface area contributed by atoms with Crippen LogP contribution in [0.1, 0.15) is 27.7 Å². The van der Waals surface area contributed by atoms with Crippen molar-refractivity contribution in [2.45, 2.75) is 38.9 Å². The van der Waals surface area contributed by atoms with Crippen LogP contribution in [0.4, 0.5) is 0 Å². The number of benzene rings is 14. The molecule has 0 N–H and O–H groups in total. The Morgan fingerprint density at radius 3 is 1.17 bits per heavy atom. The van der Waals surface area contributed by atoms with Gasteiger partial charge in [0.1, 0.15) is 11.2 Å². The molecule has 14 aromatic carbocycles. The molecule has 0 bridgehead atoms. The summed E-state index contributed by atoms with van der Waals surface area (Å²) in [5.74, 6) is 0.646. The fraction of sp³-hybridized carbons (Fsp3) is 0.0638. The minimum absolute atomic E-state index is 0.164. The summed E-state index contributed by atoms with van der Waals surface area (Å²) in [6, 6.07) is 106. The van der Waals surface area contributed by atoms with Gasteiger partial charge < -0.3 is 27.3 Å². The van der Waals surface area contributed by atoms with E-state index in [9.17, 15) is 0 Å². The molecule has 1 aliphatic heterocycles. The quantitative estimate of drug-likeness (QED) is 0.120. The van der Waals surface area contributed by atoms with Crippen LogP contribution < -0.4 is 5.46 Å². The third-order valence-electron chi connectivity index (χ3n) is 21.9. The predicted octanol–water partition coefficient (Wildman–Crippen LogP) is 25.6. The lowest BCUT2D eigenvalue weighted by Gasteiger charge is -2.32. The second kappa shape index (κ2) is 24.9. The van der Waals surface area contributed by atoms with Crippen molar-refractivity contribution in [2.75, 3.05) is 0 Å². The Morgan fingerprint density at radius 2 is 0.694 bits per heavy atom. The van der Waals surface area contributed by atoms with Crippen LogP contribution in [0.3, 0.4) is 0 Å². The number of hydrogen-bond donors (Lipinski definition) is 0. The normalized spacial score (nSPS) is 13.7. The number of nitrogens with zero attached hydrogens (tertiary/aromatic N) is 6. The van der Waals surface area contributed by atoms with E-state index < -0.39 is 0 Å². The zero-order valence-corrected chi connectivity index (χ0v) is 61.3. The highest BCUT2D eigenvalue weighted by Crippen LogP contribution is 2.51. The Hall–Kier alpha value is -12.3. The largest absolute Gasteiger partial charge is 0.494 e. The molecule has 22 aromatic rings. The first-order valence-electron chi connectivity index (χ1n) is 36.2. The molecule has 0 unspecified atom stereocenters. The molecule has 0 spiro atoms. The molecule has 14 heteroatoms. The van der Waals surface area contributed by atoms with Gasteiger partial charge in [-0.25, -0.2) is 9.97 Å². The van der Waals surface area contributed by atoms with Crippen LogP contribution in [-0.4, -0.2) is 47.4 Å². The number of thiophene rings is 2. The van der Waals surface area contributed by atoms with Gasteiger partial charge in [-0.2, -0.15) is 9.97 Å². The molecule has 10 nitrogen and oxygen atoms in total. The van der Waals surface area contributed by atoms with Crippen molar-refractivity contribution >= 4 is 196 Å². The van der Waals surface area contributed by atoms with Crippen LogP contribution in [0.2, 0.25) is 5.28 Å². The van der Waals surface area contributed by atoms with E-state index in [4.69, 9.17) is 39.7 Å². The molecule has 0 amide bonds. The summed E-state index contributed by atoms with van der Waals surface area (Å²) in [6.45, 7) is 8.26. The summed E-state index contributed by atoms with van der Waals surface area (Å²) >= 11 is 10.2. The summed E-state index contributed by atoms with van der Waals surface area (Å²) in [6.07, 6.45) is 0. The highest BCUT2D eigenvalue weighted by atomic mass is 35.5. The molecule has 9 heterocycles. The number of fused-ring (bicyclic) bond motifs is 26. The molecular weight excluding hydrogens is 1390 g/mol. The minimum Gasteiger partial charge on any atom is -0.438 e. The monoisotopic (exact) mass is 1450 g/mol. The standard InChI is InChI=1S/C44H25N3OS.C38H20ClN3OS.C12H17BO2/c1-2-12-27(13-3-1)43-45-40(39-32-17-7-10-20-35(32)48-44(39)46-43)26-22-24-28(25-23-26)47-34-19-9-6-16-31(34)37-29-14-4-5-15-30(29)38-33-18-8-11-21-36(33)49-42(38)41(37)47;39-38-40-34(33-26-12-4-7-15-29(26)43-37(33)41-38)21-17-19-22(20-18-21)42-28-14-6-3-11-25(28)31-23-9-1-2-10-24(23)32-27-13-5-8-16-30(27)44-36(32)35(31)42;1-11(2)12(3,4)15-13(14-11)10-8-6-5-7-9-10/h1-25H;1-20H;5-9H,1-4H3. The Bertz CT molecular complexity index is 7390. The molecule has 0 saturated carbocycles. The summed E-state index contributed by atoms with van der Waals surface area (Å²) in [5, 5.41) is 19.4. The van der Waals surface area contributed by atoms with Crippen molar-refractivity contribution in [2.24, 2.45) is 0 Å². The Morgan fingerprint density at radius 1 is 0.324 bits per heavy atom. The van der Waals surface area contributed by atoms with Crippen molar-refractivity contribution in [3.63, 3.8) is 0 Å². The van der Waals surface area contributed by atoms with Crippen LogP contribution in [0.15, 0.2) is 312 Å². The van der Waals surface area contributed by atoms with E-state index in [0.717, 1.165) is 77.6 Å². The second-order valence-corrected chi connectivity index (χ2v) is 31.0. The highest BCUT2D eigenvalue weighted by Gasteiger charge is 2.51. The first-order valence-corrected chi connectivity index (χ1v) is 38.2. The van der Waals surface area contributed by atoms with Crippen molar-refractivity contribution in [1.29, 1.82) is 0 Å². The van der Waals surface area contributed by atoms with E-state index >= 15 is 0 Å². The lowest BCUT2D eigenvalue weighted by molar-refractivity contribution is 0.00578. The lowest BCUT2D eigenvalue weighted by Crippen LogP contribution is -2.41. The number of furan rings is 2. The fourth-order valence-corrected chi connectivity index (χ4v) is 18.9. The van der Waals surface area contributed by atoms with E-state index in [2.05, 4.69) is 247 Å². The summed E-state index contributed by atoms with van der Waals surface area (Å²) < 4.78 is 34.3. The van der Waals surface area contributed by atoms with Gasteiger partial charge in [0.05, 0.1) is 64.8 Å². The molecule has 0 aliphatic carbocycles. The molecule has 23 rings (SSSR count). The number of hydrogen-bond acceptors (Lipinski definition) is 10. The third-order valence-corrected chi connectivity index (χ3v) is 24.4. The maximum atomic E-state index is 6.40. The average Bonchev–Trinajstić information content (AvgIpc) is 1.54. The number of rotatable bonds is 6. The summed E-state index contributed by atoms with van der Waals surface area (Å²) in [7, 11) is -0.240. The van der Waals surface area contributed by atoms with Gasteiger partial charge in [0.15, 0.2) is 5.82 Å². The minimum atomic E-state index is -0.256. The van der Waals surface area contributed by atoms with Crippen LogP contribution in [0.25, 0.3) is 195 Å². The number of halogens is 1. The molecule has 8 aromatic heterocycles. The summed E-state index contributed by atoms with van der Waals surface area (Å²) in [5.41, 5.74) is 14.8. The molecule has 0 radical (unpaired) electrons. The van der Waals surface area contributed by atoms with Crippen molar-refractivity contribution in [3.8, 4) is 45.3 Å². The Labute approximate surface area is 632 Å². The van der Waals surface area contributed by atoms with Gasteiger partial charge in [-0.15, -0.1) is 22.7 Å². The highest BCUT2D eigenvalue weighted by molar-refractivity contribution is 7.27. The molecule has 1 saturated heterocycles. The van der Waals surface area contributed by atoms with Gasteiger partial charge in [-0.3, -0.25) is 0 Å². The van der Waals surface area contributed by atoms with Crippen LogP contribution in [0.5, 0.6) is 0 Å². The maximum Gasteiger partial charge on any atom is 0.494 e. The van der Waals surface area contributed by atoms with Gasteiger partial charge in [-0.05, 0) is 127 Å². The predicted molar refractivity (Wildman–Crippen MR) is 452 cm³/mol. The van der Waals surface area contributed by atoms with Gasteiger partial charge in [0.25, 0.3) is 0 Å². The van der Waals surface area contributed by atoms with E-state index in [1.54, 1.807) is 0 Å². The number of para-hydroxylation sites is 4. The lowest BCUT2D eigenvalue weighted by atomic mass is 9.79. The zero-order valence-electron chi connectivity index (χ0n) is 59.0. The first kappa shape index (κ1) is 64.1. The Balaban J connectivity index is 0.000000116. The van der Waals surface area contributed by atoms with Crippen molar-refractivity contribution in [3.05, 3.63) is 309 Å². The van der Waals surface area contributed by atoms with E-state index in [-0.39, 0.29) is 23.6 Å². The smallest absolute Gasteiger partial charge is 0.438 e. The van der Waals surface area contributed by atoms with Gasteiger partial charge in [0.2, 0.25) is 16.7 Å².